The van der Waals surface area contributed by atoms with Crippen LogP contribution in [0, 0.1) is 0 Å². The highest BCUT2D eigenvalue weighted by Gasteiger charge is 2.25. The van der Waals surface area contributed by atoms with E-state index in [4.69, 9.17) is 11.6 Å². The van der Waals surface area contributed by atoms with E-state index in [1.807, 2.05) is 0 Å². The second kappa shape index (κ2) is 7.86. The number of piperazine rings is 1. The minimum atomic E-state index is -3.25. The molecular weight excluding hydrogens is 498 g/mol. The van der Waals surface area contributed by atoms with Crippen molar-refractivity contribution in [2.24, 2.45) is 0 Å². The molecule has 3 aromatic rings. The number of fused-ring (bicyclic) bond motifs is 1. The van der Waals surface area contributed by atoms with Gasteiger partial charge in [-0.15, -0.1) is 0 Å². The lowest BCUT2D eigenvalue weighted by atomic mass is 10.2. The van der Waals surface area contributed by atoms with Gasteiger partial charge in [-0.2, -0.15) is 0 Å². The van der Waals surface area contributed by atoms with Crippen molar-refractivity contribution in [1.82, 2.24) is 9.88 Å². The van der Waals surface area contributed by atoms with Crippen molar-refractivity contribution in [2.45, 2.75) is 4.90 Å². The molecule has 1 amide bonds. The molecule has 1 aromatic heterocycles. The van der Waals surface area contributed by atoms with E-state index >= 15 is 0 Å². The fourth-order valence-corrected chi connectivity index (χ4v) is 5.53. The van der Waals surface area contributed by atoms with Crippen LogP contribution in [0.25, 0.3) is 10.2 Å². The summed E-state index contributed by atoms with van der Waals surface area (Å²) in [6.45, 7) is 2.42. The Labute approximate surface area is 186 Å². The normalized spacial score (nSPS) is 15.1. The monoisotopic (exact) mass is 513 g/mol. The largest absolute Gasteiger partial charge is 0.345 e. The molecule has 0 atom stereocenters. The Hall–Kier alpha value is -1.68. The lowest BCUT2D eigenvalue weighted by molar-refractivity contribution is 0.0747. The van der Waals surface area contributed by atoms with Crippen LogP contribution < -0.4 is 4.90 Å². The molecule has 4 rings (SSSR count). The summed E-state index contributed by atoms with van der Waals surface area (Å²) in [6, 6.07) is 10.2. The molecule has 0 spiro atoms. The maximum absolute atomic E-state index is 12.8. The Morgan fingerprint density at radius 2 is 1.86 bits per heavy atom. The first-order valence-electron chi connectivity index (χ1n) is 8.82. The number of rotatable bonds is 3. The van der Waals surface area contributed by atoms with Gasteiger partial charge in [-0.1, -0.05) is 38.9 Å². The third kappa shape index (κ3) is 4.28. The predicted molar refractivity (Wildman–Crippen MR) is 120 cm³/mol. The molecule has 0 radical (unpaired) electrons. The van der Waals surface area contributed by atoms with E-state index in [2.05, 4.69) is 25.8 Å². The highest BCUT2D eigenvalue weighted by molar-refractivity contribution is 9.10. The van der Waals surface area contributed by atoms with Gasteiger partial charge in [-0.3, -0.25) is 4.79 Å². The van der Waals surface area contributed by atoms with Gasteiger partial charge in [-0.05, 0) is 36.4 Å². The smallest absolute Gasteiger partial charge is 0.255 e. The minimum absolute atomic E-state index is 0.0851. The van der Waals surface area contributed by atoms with E-state index < -0.39 is 9.84 Å². The second-order valence-electron chi connectivity index (χ2n) is 6.80. The number of halogens is 2. The molecule has 0 bridgehead atoms. The quantitative estimate of drug-likeness (QED) is 0.527. The topological polar surface area (TPSA) is 70.6 Å². The van der Waals surface area contributed by atoms with Crippen molar-refractivity contribution in [1.29, 1.82) is 0 Å². The Balaban J connectivity index is 1.49. The molecule has 1 fully saturated rings. The van der Waals surface area contributed by atoms with Crippen molar-refractivity contribution >= 4 is 70.0 Å². The molecule has 0 unspecified atom stereocenters. The van der Waals surface area contributed by atoms with E-state index in [0.717, 1.165) is 19.8 Å². The van der Waals surface area contributed by atoms with Gasteiger partial charge in [0.15, 0.2) is 15.0 Å². The molecule has 29 heavy (non-hydrogen) atoms. The van der Waals surface area contributed by atoms with Gasteiger partial charge < -0.3 is 9.80 Å². The van der Waals surface area contributed by atoms with Crippen LogP contribution in [0.15, 0.2) is 45.8 Å². The van der Waals surface area contributed by atoms with E-state index in [1.54, 1.807) is 41.3 Å². The number of nitrogens with zero attached hydrogens (tertiary/aromatic N) is 3. The SMILES string of the molecule is CS(=O)(=O)c1ccc2nc(N3CCN(C(=O)c4cc(Br)ccc4Cl)CC3)sc2c1. The van der Waals surface area contributed by atoms with Gasteiger partial charge in [0, 0.05) is 36.9 Å². The standard InChI is InChI=1S/C19H17BrClN3O3S2/c1-29(26,27)13-3-5-16-17(11-13)28-19(22-16)24-8-6-23(7-9-24)18(25)14-10-12(20)2-4-15(14)21/h2-5,10-11H,6-9H2,1H3. The zero-order valence-corrected chi connectivity index (χ0v) is 19.4. The Morgan fingerprint density at radius 1 is 1.14 bits per heavy atom. The van der Waals surface area contributed by atoms with Gasteiger partial charge in [0.1, 0.15) is 0 Å². The summed E-state index contributed by atoms with van der Waals surface area (Å²) >= 11 is 11.0. The average Bonchev–Trinajstić information content (AvgIpc) is 3.12. The number of amides is 1. The summed E-state index contributed by atoms with van der Waals surface area (Å²) in [6.07, 6.45) is 1.20. The van der Waals surface area contributed by atoms with Gasteiger partial charge in [0.05, 0.1) is 25.7 Å². The van der Waals surface area contributed by atoms with Crippen molar-refractivity contribution in [3.63, 3.8) is 0 Å². The molecule has 2 aromatic carbocycles. The van der Waals surface area contributed by atoms with E-state index in [1.165, 1.54) is 17.6 Å². The molecule has 6 nitrogen and oxygen atoms in total. The molecule has 0 saturated carbocycles. The van der Waals surface area contributed by atoms with Crippen LogP contribution in [0.5, 0.6) is 0 Å². The van der Waals surface area contributed by atoms with Crippen LogP contribution in [-0.4, -0.2) is 56.6 Å². The fraction of sp³-hybridized carbons (Fsp3) is 0.263. The minimum Gasteiger partial charge on any atom is -0.345 e. The first kappa shape index (κ1) is 20.6. The van der Waals surface area contributed by atoms with Gasteiger partial charge in [-0.25, -0.2) is 13.4 Å². The fourth-order valence-electron chi connectivity index (χ4n) is 3.19. The summed E-state index contributed by atoms with van der Waals surface area (Å²) in [5.41, 5.74) is 1.26. The Bertz CT molecular complexity index is 1200. The average molecular weight is 515 g/mol. The van der Waals surface area contributed by atoms with Crippen LogP contribution in [0.2, 0.25) is 5.02 Å². The first-order chi connectivity index (χ1) is 13.7. The number of thiazole rings is 1. The molecular formula is C19H17BrClN3O3S2. The van der Waals surface area contributed by atoms with Gasteiger partial charge >= 0.3 is 0 Å². The zero-order chi connectivity index (χ0) is 20.8. The number of benzene rings is 2. The highest BCUT2D eigenvalue weighted by Crippen LogP contribution is 2.31. The first-order valence-corrected chi connectivity index (χ1v) is 12.7. The molecule has 10 heteroatoms. The number of carbonyl (C=O) groups excluding carboxylic acids is 1. The number of aromatic nitrogens is 1. The van der Waals surface area contributed by atoms with Crippen LogP contribution in [0.3, 0.4) is 0 Å². The van der Waals surface area contributed by atoms with Crippen LogP contribution >= 0.6 is 38.9 Å². The molecule has 2 heterocycles. The number of hydrogen-bond acceptors (Lipinski definition) is 6. The van der Waals surface area contributed by atoms with E-state index in [-0.39, 0.29) is 5.91 Å². The lowest BCUT2D eigenvalue weighted by Gasteiger charge is -2.34. The summed E-state index contributed by atoms with van der Waals surface area (Å²) in [5, 5.41) is 1.27. The van der Waals surface area contributed by atoms with Crippen LogP contribution in [0.4, 0.5) is 5.13 Å². The number of hydrogen-bond donors (Lipinski definition) is 0. The van der Waals surface area contributed by atoms with E-state index in [9.17, 15) is 13.2 Å². The Kier molecular flexibility index (Phi) is 5.58. The number of carbonyl (C=O) groups is 1. The summed E-state index contributed by atoms with van der Waals surface area (Å²) in [7, 11) is -3.25. The molecule has 152 valence electrons. The summed E-state index contributed by atoms with van der Waals surface area (Å²) < 4.78 is 25.2. The third-order valence-electron chi connectivity index (χ3n) is 4.77. The van der Waals surface area contributed by atoms with Gasteiger partial charge in [0.25, 0.3) is 5.91 Å². The maximum atomic E-state index is 12.8. The van der Waals surface area contributed by atoms with Crippen molar-refractivity contribution in [3.05, 3.63) is 51.5 Å². The molecule has 1 saturated heterocycles. The van der Waals surface area contributed by atoms with Crippen molar-refractivity contribution in [3.8, 4) is 0 Å². The predicted octanol–water partition coefficient (Wildman–Crippen LogP) is 4.08. The molecule has 0 N–H and O–H groups in total. The highest BCUT2D eigenvalue weighted by atomic mass is 79.9. The van der Waals surface area contributed by atoms with Gasteiger partial charge in [0.2, 0.25) is 0 Å². The summed E-state index contributed by atoms with van der Waals surface area (Å²) in [4.78, 5) is 21.7. The zero-order valence-electron chi connectivity index (χ0n) is 15.4. The van der Waals surface area contributed by atoms with Crippen molar-refractivity contribution in [2.75, 3.05) is 37.3 Å². The molecule has 1 aliphatic rings. The number of sulfone groups is 1. The van der Waals surface area contributed by atoms with Crippen LogP contribution in [-0.2, 0) is 9.84 Å². The Morgan fingerprint density at radius 3 is 2.55 bits per heavy atom. The second-order valence-corrected chi connectivity index (χ2v) is 11.1. The van der Waals surface area contributed by atoms with E-state index in [0.29, 0.717) is 41.7 Å². The third-order valence-corrected chi connectivity index (χ3v) is 7.79. The molecule has 0 aliphatic carbocycles. The van der Waals surface area contributed by atoms with Crippen molar-refractivity contribution < 1.29 is 13.2 Å². The number of anilines is 1. The van der Waals surface area contributed by atoms with Crippen LogP contribution in [0.1, 0.15) is 10.4 Å². The summed E-state index contributed by atoms with van der Waals surface area (Å²) in [5.74, 6) is -0.0851. The lowest BCUT2D eigenvalue weighted by Crippen LogP contribution is -2.48. The molecule has 1 aliphatic heterocycles. The maximum Gasteiger partial charge on any atom is 0.255 e.